The van der Waals surface area contributed by atoms with E-state index in [1.807, 2.05) is 0 Å². The number of rotatable bonds is 6. The third kappa shape index (κ3) is 4.39. The zero-order chi connectivity index (χ0) is 23.2. The monoisotopic (exact) mass is 444 g/mol. The van der Waals surface area contributed by atoms with Crippen LogP contribution in [0.1, 0.15) is 39.2 Å². The molecule has 0 spiro atoms. The average molecular weight is 444 g/mol. The van der Waals surface area contributed by atoms with Gasteiger partial charge in [0.05, 0.1) is 17.2 Å². The molecule has 32 heavy (non-hydrogen) atoms. The number of hydrogen-bond donors (Lipinski definition) is 3. The normalized spacial score (nSPS) is 19.6. The minimum Gasteiger partial charge on any atom is -0.388 e. The molecule has 0 bridgehead atoms. The summed E-state index contributed by atoms with van der Waals surface area (Å²) in [6.45, 7) is 5.06. The third-order valence-corrected chi connectivity index (χ3v) is 6.58. The van der Waals surface area contributed by atoms with E-state index in [0.717, 1.165) is 11.6 Å². The quantitative estimate of drug-likeness (QED) is 0.496. The van der Waals surface area contributed by atoms with E-state index in [9.17, 15) is 23.1 Å². The topological polar surface area (TPSA) is 65.1 Å². The highest BCUT2D eigenvalue weighted by Gasteiger charge is 2.37. The van der Waals surface area contributed by atoms with Gasteiger partial charge in [0, 0.05) is 23.1 Å². The Hall–Kier alpha value is -2.80. The molecule has 3 N–H and O–H groups in total. The molecule has 170 valence electrons. The highest BCUT2D eigenvalue weighted by atomic mass is 19.1. The second-order valence-electron chi connectivity index (χ2n) is 9.42. The molecule has 1 amide bonds. The highest BCUT2D eigenvalue weighted by molar-refractivity contribution is 5.91. The molecule has 0 saturated heterocycles. The maximum Gasteiger partial charge on any atom is 0.223 e. The van der Waals surface area contributed by atoms with Crippen molar-refractivity contribution in [3.8, 4) is 11.3 Å². The molecule has 1 aliphatic rings. The van der Waals surface area contributed by atoms with E-state index in [-0.39, 0.29) is 35.1 Å². The molecule has 0 aliphatic heterocycles. The average Bonchev–Trinajstić information content (AvgIpc) is 3.02. The zero-order valence-electron chi connectivity index (χ0n) is 18.3. The van der Waals surface area contributed by atoms with Crippen molar-refractivity contribution in [1.82, 2.24) is 10.3 Å². The minimum absolute atomic E-state index is 0.0920. The third-order valence-electron chi connectivity index (χ3n) is 6.58. The van der Waals surface area contributed by atoms with Gasteiger partial charge in [0.2, 0.25) is 5.91 Å². The first kappa shape index (κ1) is 22.4. The molecule has 0 unspecified atom stereocenters. The van der Waals surface area contributed by atoms with Crippen molar-refractivity contribution in [3.63, 3.8) is 0 Å². The van der Waals surface area contributed by atoms with Gasteiger partial charge < -0.3 is 15.4 Å². The van der Waals surface area contributed by atoms with Crippen molar-refractivity contribution in [2.45, 2.75) is 51.7 Å². The summed E-state index contributed by atoms with van der Waals surface area (Å²) in [4.78, 5) is 15.5. The first-order valence-corrected chi connectivity index (χ1v) is 10.8. The van der Waals surface area contributed by atoms with Crippen LogP contribution in [-0.4, -0.2) is 27.6 Å². The summed E-state index contributed by atoms with van der Waals surface area (Å²) in [5, 5.41) is 13.4. The number of hydrogen-bond acceptors (Lipinski definition) is 2. The Labute approximate surface area is 184 Å². The van der Waals surface area contributed by atoms with Gasteiger partial charge in [-0.2, -0.15) is 0 Å². The molecular formula is C25H27F3N2O2. The SMILES string of the molecule is C[C@H](NC(=O)C1CC(Cc2c(-c3ccc(F)cc3)[nH]c3c(F)cc(F)cc23)C1)C(C)(C)O. The molecule has 1 saturated carbocycles. The lowest BCUT2D eigenvalue weighted by atomic mass is 9.71. The number of halogens is 3. The molecule has 1 fully saturated rings. The largest absolute Gasteiger partial charge is 0.388 e. The number of carbonyl (C=O) groups is 1. The lowest BCUT2D eigenvalue weighted by Gasteiger charge is -2.36. The number of H-pyrrole nitrogens is 1. The Morgan fingerprint density at radius 3 is 2.44 bits per heavy atom. The van der Waals surface area contributed by atoms with Crippen molar-refractivity contribution >= 4 is 16.8 Å². The van der Waals surface area contributed by atoms with E-state index in [0.29, 0.717) is 35.9 Å². The Morgan fingerprint density at radius 1 is 1.16 bits per heavy atom. The van der Waals surface area contributed by atoms with Crippen molar-refractivity contribution < 1.29 is 23.1 Å². The number of aromatic amines is 1. The molecule has 1 aromatic heterocycles. The Morgan fingerprint density at radius 2 is 1.81 bits per heavy atom. The van der Waals surface area contributed by atoms with Gasteiger partial charge in [0.25, 0.3) is 0 Å². The standard InChI is InChI=1S/C25H27F3N2O2/c1-13(25(2,3)32)29-24(31)16-8-14(9-16)10-19-20-11-18(27)12-21(28)23(20)30-22(19)15-4-6-17(26)7-5-15/h4-7,11-14,16,30,32H,8-10H2,1-3H3,(H,29,31)/t13-,14?,16?/m0/s1. The van der Waals surface area contributed by atoms with Gasteiger partial charge in [-0.15, -0.1) is 0 Å². The molecule has 7 heteroatoms. The summed E-state index contributed by atoms with van der Waals surface area (Å²) in [6, 6.07) is 7.64. The molecule has 4 rings (SSSR count). The van der Waals surface area contributed by atoms with Gasteiger partial charge in [-0.25, -0.2) is 13.2 Å². The van der Waals surface area contributed by atoms with E-state index in [1.54, 1.807) is 32.9 Å². The highest BCUT2D eigenvalue weighted by Crippen LogP contribution is 2.41. The van der Waals surface area contributed by atoms with Gasteiger partial charge in [0.15, 0.2) is 0 Å². The molecule has 2 aromatic carbocycles. The van der Waals surface area contributed by atoms with Crippen LogP contribution < -0.4 is 5.32 Å². The van der Waals surface area contributed by atoms with Crippen LogP contribution in [0.25, 0.3) is 22.2 Å². The first-order chi connectivity index (χ1) is 15.0. The Bertz CT molecular complexity index is 1140. The van der Waals surface area contributed by atoms with Crippen molar-refractivity contribution in [2.75, 3.05) is 0 Å². The van der Waals surface area contributed by atoms with Crippen LogP contribution in [0.15, 0.2) is 36.4 Å². The summed E-state index contributed by atoms with van der Waals surface area (Å²) in [5.74, 6) is -1.79. The number of carbonyl (C=O) groups excluding carboxylic acids is 1. The van der Waals surface area contributed by atoms with Crippen LogP contribution in [-0.2, 0) is 11.2 Å². The number of fused-ring (bicyclic) bond motifs is 1. The maximum atomic E-state index is 14.4. The molecule has 1 atom stereocenters. The van der Waals surface area contributed by atoms with Gasteiger partial charge in [-0.05, 0) is 87.4 Å². The van der Waals surface area contributed by atoms with Crippen molar-refractivity contribution in [3.05, 3.63) is 59.4 Å². The summed E-state index contributed by atoms with van der Waals surface area (Å²) < 4.78 is 41.8. The lowest BCUT2D eigenvalue weighted by Crippen LogP contribution is -2.50. The fourth-order valence-corrected chi connectivity index (χ4v) is 4.26. The summed E-state index contributed by atoms with van der Waals surface area (Å²) in [6.07, 6.45) is 1.84. The van der Waals surface area contributed by atoms with Gasteiger partial charge >= 0.3 is 0 Å². The molecule has 1 aliphatic carbocycles. The first-order valence-electron chi connectivity index (χ1n) is 10.8. The van der Waals surface area contributed by atoms with E-state index in [4.69, 9.17) is 0 Å². The van der Waals surface area contributed by atoms with Crippen LogP contribution in [0.2, 0.25) is 0 Å². The van der Waals surface area contributed by atoms with Crippen molar-refractivity contribution in [1.29, 1.82) is 0 Å². The molecular weight excluding hydrogens is 417 g/mol. The predicted octanol–water partition coefficient (Wildman–Crippen LogP) is 5.10. The number of aromatic nitrogens is 1. The van der Waals surface area contributed by atoms with Crippen LogP contribution in [0, 0.1) is 29.3 Å². The van der Waals surface area contributed by atoms with Crippen LogP contribution >= 0.6 is 0 Å². The van der Waals surface area contributed by atoms with E-state index < -0.39 is 17.2 Å². The fraction of sp³-hybridized carbons (Fsp3) is 0.400. The lowest BCUT2D eigenvalue weighted by molar-refractivity contribution is -0.131. The Kier molecular flexibility index (Phi) is 5.79. The molecule has 0 radical (unpaired) electrons. The molecule has 4 nitrogen and oxygen atoms in total. The molecule has 3 aromatic rings. The number of amides is 1. The fourth-order valence-electron chi connectivity index (χ4n) is 4.26. The second-order valence-corrected chi connectivity index (χ2v) is 9.42. The number of aliphatic hydroxyl groups is 1. The van der Waals surface area contributed by atoms with Gasteiger partial charge in [-0.1, -0.05) is 0 Å². The van der Waals surface area contributed by atoms with E-state index in [1.165, 1.54) is 18.2 Å². The van der Waals surface area contributed by atoms with Gasteiger partial charge in [-0.3, -0.25) is 4.79 Å². The van der Waals surface area contributed by atoms with E-state index >= 15 is 0 Å². The minimum atomic E-state index is -1.01. The second kappa shape index (κ2) is 8.28. The summed E-state index contributed by atoms with van der Waals surface area (Å²) in [7, 11) is 0. The summed E-state index contributed by atoms with van der Waals surface area (Å²) >= 11 is 0. The summed E-state index contributed by atoms with van der Waals surface area (Å²) in [5.41, 5.74) is 1.28. The predicted molar refractivity (Wildman–Crippen MR) is 117 cm³/mol. The van der Waals surface area contributed by atoms with Crippen LogP contribution in [0.5, 0.6) is 0 Å². The molecule has 1 heterocycles. The van der Waals surface area contributed by atoms with Gasteiger partial charge in [0.1, 0.15) is 17.5 Å². The zero-order valence-corrected chi connectivity index (χ0v) is 18.3. The number of benzene rings is 2. The Balaban J connectivity index is 1.56. The van der Waals surface area contributed by atoms with E-state index in [2.05, 4.69) is 10.3 Å². The van der Waals surface area contributed by atoms with Crippen LogP contribution in [0.4, 0.5) is 13.2 Å². The number of nitrogens with one attached hydrogen (secondary N) is 2. The maximum absolute atomic E-state index is 14.4. The smallest absolute Gasteiger partial charge is 0.223 e. The van der Waals surface area contributed by atoms with Crippen molar-refractivity contribution in [2.24, 2.45) is 11.8 Å². The van der Waals surface area contributed by atoms with Crippen LogP contribution in [0.3, 0.4) is 0 Å².